The molecule has 3 nitrogen and oxygen atoms in total. The molecule has 0 heterocycles. The Morgan fingerprint density at radius 3 is 2.41 bits per heavy atom. The van der Waals surface area contributed by atoms with Crippen LogP contribution in [0.1, 0.15) is 38.5 Å². The molecule has 0 radical (unpaired) electrons. The van der Waals surface area contributed by atoms with Crippen LogP contribution >= 0.6 is 11.6 Å². The highest BCUT2D eigenvalue weighted by molar-refractivity contribution is 6.18. The molecule has 0 saturated heterocycles. The van der Waals surface area contributed by atoms with Gasteiger partial charge >= 0.3 is 0 Å². The Bertz CT molecular complexity index is 215. The minimum absolute atomic E-state index is 0.220. The average Bonchev–Trinajstić information content (AvgIpc) is 2.62. The van der Waals surface area contributed by atoms with Crippen LogP contribution < -0.4 is 0 Å². The summed E-state index contributed by atoms with van der Waals surface area (Å²) in [5.74, 6) is 1.00. The van der Waals surface area contributed by atoms with Gasteiger partial charge in [-0.3, -0.25) is 4.79 Å². The van der Waals surface area contributed by atoms with Gasteiger partial charge in [-0.2, -0.15) is 0 Å². The fourth-order valence-corrected chi connectivity index (χ4v) is 2.62. The topological polar surface area (TPSA) is 29.5 Å². The van der Waals surface area contributed by atoms with E-state index in [1.165, 1.54) is 25.7 Å². The third-order valence-electron chi connectivity index (χ3n) is 3.44. The number of halogens is 1. The fraction of sp³-hybridized carbons (Fsp3) is 0.923. The number of alkyl halides is 1. The van der Waals surface area contributed by atoms with Crippen molar-refractivity contribution in [3.63, 3.8) is 0 Å². The number of rotatable bonds is 6. The Morgan fingerprint density at radius 1 is 1.24 bits per heavy atom. The van der Waals surface area contributed by atoms with Gasteiger partial charge in [0.05, 0.1) is 6.61 Å². The van der Waals surface area contributed by atoms with Crippen molar-refractivity contribution in [1.29, 1.82) is 0 Å². The van der Waals surface area contributed by atoms with E-state index in [2.05, 4.69) is 0 Å². The molecule has 17 heavy (non-hydrogen) atoms. The van der Waals surface area contributed by atoms with Gasteiger partial charge in [-0.15, -0.1) is 11.6 Å². The Hall–Kier alpha value is -0.280. The maximum atomic E-state index is 12.4. The summed E-state index contributed by atoms with van der Waals surface area (Å²) in [6.45, 7) is 1.90. The largest absolute Gasteiger partial charge is 0.383 e. The molecule has 1 amide bonds. The molecule has 1 fully saturated rings. The van der Waals surface area contributed by atoms with E-state index in [4.69, 9.17) is 16.3 Å². The van der Waals surface area contributed by atoms with Gasteiger partial charge in [-0.05, 0) is 12.8 Å². The molecule has 0 bridgehead atoms. The molecule has 0 aliphatic heterocycles. The Balaban J connectivity index is 2.48. The maximum absolute atomic E-state index is 12.4. The number of amides is 1. The van der Waals surface area contributed by atoms with Crippen LogP contribution in [0.5, 0.6) is 0 Å². The molecule has 0 aromatic carbocycles. The average molecular weight is 262 g/mol. The number of ether oxygens (including phenoxy) is 1. The lowest BCUT2D eigenvalue weighted by atomic mass is 9.99. The second kappa shape index (κ2) is 8.76. The van der Waals surface area contributed by atoms with Crippen molar-refractivity contribution in [3.8, 4) is 0 Å². The summed E-state index contributed by atoms with van der Waals surface area (Å²) in [4.78, 5) is 14.2. The van der Waals surface area contributed by atoms with Gasteiger partial charge in [0.15, 0.2) is 0 Å². The van der Waals surface area contributed by atoms with Crippen molar-refractivity contribution in [2.75, 3.05) is 32.7 Å². The zero-order valence-electron chi connectivity index (χ0n) is 10.8. The summed E-state index contributed by atoms with van der Waals surface area (Å²) in [5, 5.41) is 0. The summed E-state index contributed by atoms with van der Waals surface area (Å²) in [6, 6.07) is 0. The molecule has 4 heteroatoms. The minimum Gasteiger partial charge on any atom is -0.383 e. The highest BCUT2D eigenvalue weighted by atomic mass is 35.5. The summed E-state index contributed by atoms with van der Waals surface area (Å²) >= 11 is 5.76. The van der Waals surface area contributed by atoms with Gasteiger partial charge < -0.3 is 9.64 Å². The molecule has 1 aliphatic carbocycles. The van der Waals surface area contributed by atoms with Crippen LogP contribution in [0.3, 0.4) is 0 Å². The van der Waals surface area contributed by atoms with E-state index >= 15 is 0 Å². The number of nitrogens with zero attached hydrogens (tertiary/aromatic N) is 1. The molecule has 0 atom stereocenters. The second-order valence-electron chi connectivity index (χ2n) is 4.70. The maximum Gasteiger partial charge on any atom is 0.225 e. The fourth-order valence-electron chi connectivity index (χ4n) is 2.42. The van der Waals surface area contributed by atoms with Crippen molar-refractivity contribution < 1.29 is 9.53 Å². The number of carbonyl (C=O) groups is 1. The molecule has 0 unspecified atom stereocenters. The Kier molecular flexibility index (Phi) is 7.62. The minimum atomic E-state index is 0.220. The van der Waals surface area contributed by atoms with Crippen molar-refractivity contribution >= 4 is 17.5 Å². The highest BCUT2D eigenvalue weighted by Crippen LogP contribution is 2.24. The first-order valence-electron chi connectivity index (χ1n) is 6.63. The van der Waals surface area contributed by atoms with Gasteiger partial charge in [-0.1, -0.05) is 25.7 Å². The molecule has 0 aromatic heterocycles. The van der Waals surface area contributed by atoms with Crippen molar-refractivity contribution in [3.05, 3.63) is 0 Å². The van der Waals surface area contributed by atoms with Gasteiger partial charge in [0.2, 0.25) is 5.91 Å². The van der Waals surface area contributed by atoms with Crippen molar-refractivity contribution in [2.24, 2.45) is 5.92 Å². The zero-order valence-corrected chi connectivity index (χ0v) is 11.5. The molecule has 1 rings (SSSR count). The number of methoxy groups -OCH3 is 1. The number of carbonyl (C=O) groups excluding carboxylic acids is 1. The quantitative estimate of drug-likeness (QED) is 0.544. The lowest BCUT2D eigenvalue weighted by Crippen LogP contribution is -2.39. The Morgan fingerprint density at radius 2 is 1.88 bits per heavy atom. The lowest BCUT2D eigenvalue weighted by Gasteiger charge is -2.26. The smallest absolute Gasteiger partial charge is 0.225 e. The van der Waals surface area contributed by atoms with Gasteiger partial charge in [0.1, 0.15) is 0 Å². The van der Waals surface area contributed by atoms with Crippen LogP contribution in [0.4, 0.5) is 0 Å². The first-order valence-corrected chi connectivity index (χ1v) is 7.16. The summed E-state index contributed by atoms with van der Waals surface area (Å²) in [5.41, 5.74) is 0. The van der Waals surface area contributed by atoms with Crippen LogP contribution in [0.25, 0.3) is 0 Å². The number of hydrogen-bond donors (Lipinski definition) is 0. The van der Waals surface area contributed by atoms with E-state index < -0.39 is 0 Å². The van der Waals surface area contributed by atoms with E-state index in [-0.39, 0.29) is 11.8 Å². The van der Waals surface area contributed by atoms with E-state index in [0.717, 1.165) is 12.8 Å². The molecule has 0 N–H and O–H groups in total. The molecule has 1 saturated carbocycles. The van der Waals surface area contributed by atoms with E-state index in [0.29, 0.717) is 25.6 Å². The number of hydrogen-bond acceptors (Lipinski definition) is 2. The van der Waals surface area contributed by atoms with E-state index in [1.807, 2.05) is 4.90 Å². The monoisotopic (exact) mass is 261 g/mol. The SMILES string of the molecule is COCCN(CCCl)C(=O)C1CCCCCC1. The van der Waals surface area contributed by atoms with E-state index in [9.17, 15) is 4.79 Å². The first-order chi connectivity index (χ1) is 8.29. The van der Waals surface area contributed by atoms with Crippen LogP contribution in [-0.4, -0.2) is 43.5 Å². The molecule has 0 spiro atoms. The third kappa shape index (κ3) is 5.26. The van der Waals surface area contributed by atoms with Crippen LogP contribution in [0.15, 0.2) is 0 Å². The zero-order chi connectivity index (χ0) is 12.5. The molecular formula is C13H24ClNO2. The first kappa shape index (κ1) is 14.8. The molecule has 100 valence electrons. The Labute approximate surface area is 109 Å². The van der Waals surface area contributed by atoms with Crippen molar-refractivity contribution in [1.82, 2.24) is 4.90 Å². The summed E-state index contributed by atoms with van der Waals surface area (Å²) in [6.07, 6.45) is 7.02. The van der Waals surface area contributed by atoms with E-state index in [1.54, 1.807) is 7.11 Å². The summed E-state index contributed by atoms with van der Waals surface area (Å²) < 4.78 is 5.04. The predicted octanol–water partition coefficient (Wildman–Crippen LogP) is 2.67. The van der Waals surface area contributed by atoms with Gasteiger partial charge in [0.25, 0.3) is 0 Å². The second-order valence-corrected chi connectivity index (χ2v) is 5.07. The predicted molar refractivity (Wildman–Crippen MR) is 70.4 cm³/mol. The van der Waals surface area contributed by atoms with Gasteiger partial charge in [-0.25, -0.2) is 0 Å². The summed E-state index contributed by atoms with van der Waals surface area (Å²) in [7, 11) is 1.66. The molecule has 0 aromatic rings. The van der Waals surface area contributed by atoms with Crippen LogP contribution in [0.2, 0.25) is 0 Å². The standard InChI is InChI=1S/C13H24ClNO2/c1-17-11-10-15(9-8-14)13(16)12-6-4-2-3-5-7-12/h12H,2-11H2,1H3. The lowest BCUT2D eigenvalue weighted by molar-refractivity contribution is -0.136. The normalized spacial score (nSPS) is 17.8. The van der Waals surface area contributed by atoms with Crippen molar-refractivity contribution in [2.45, 2.75) is 38.5 Å². The van der Waals surface area contributed by atoms with Gasteiger partial charge in [0, 0.05) is 32.0 Å². The van der Waals surface area contributed by atoms with Crippen LogP contribution in [-0.2, 0) is 9.53 Å². The molecule has 1 aliphatic rings. The third-order valence-corrected chi connectivity index (χ3v) is 3.60. The molecular weight excluding hydrogens is 238 g/mol. The highest BCUT2D eigenvalue weighted by Gasteiger charge is 2.24. The van der Waals surface area contributed by atoms with Crippen LogP contribution in [0, 0.1) is 5.92 Å².